The molecule has 0 saturated carbocycles. The molecule has 1 N–H and O–H groups in total. The highest BCUT2D eigenvalue weighted by Crippen LogP contribution is 2.36. The SMILES string of the molecule is CCOC(=O)c1ccn(-c2cccc(NC(=O)C3CC(=O)N(c4ccc(OC)cc4OC)C3)c2)n1. The number of carbonyl (C=O) groups excluding carboxylic acids is 3. The van der Waals surface area contributed by atoms with Crippen LogP contribution >= 0.6 is 0 Å². The highest BCUT2D eigenvalue weighted by atomic mass is 16.5. The maximum Gasteiger partial charge on any atom is 0.358 e. The first-order valence-electron chi connectivity index (χ1n) is 11.1. The average Bonchev–Trinajstić information content (AvgIpc) is 3.51. The number of methoxy groups -OCH3 is 2. The van der Waals surface area contributed by atoms with Gasteiger partial charge in [0.2, 0.25) is 11.8 Å². The third-order valence-electron chi connectivity index (χ3n) is 5.63. The number of rotatable bonds is 8. The summed E-state index contributed by atoms with van der Waals surface area (Å²) in [6.07, 6.45) is 1.73. The molecule has 10 nitrogen and oxygen atoms in total. The molecule has 0 aliphatic carbocycles. The molecule has 10 heteroatoms. The quantitative estimate of drug-likeness (QED) is 0.495. The maximum atomic E-state index is 13.0. The molecular formula is C25H26N4O6. The van der Waals surface area contributed by atoms with Gasteiger partial charge in [-0.25, -0.2) is 9.48 Å². The Bertz CT molecular complexity index is 1250. The fourth-order valence-corrected chi connectivity index (χ4v) is 3.88. The number of nitrogens with zero attached hydrogens (tertiary/aromatic N) is 3. The molecule has 2 amide bonds. The fraction of sp³-hybridized carbons (Fsp3) is 0.280. The minimum absolute atomic E-state index is 0.0861. The number of carbonyl (C=O) groups is 3. The van der Waals surface area contributed by atoms with Crippen LogP contribution in [0.2, 0.25) is 0 Å². The zero-order valence-electron chi connectivity index (χ0n) is 19.7. The van der Waals surface area contributed by atoms with E-state index in [4.69, 9.17) is 14.2 Å². The molecular weight excluding hydrogens is 452 g/mol. The Morgan fingerprint density at radius 2 is 1.94 bits per heavy atom. The van der Waals surface area contributed by atoms with Crippen molar-refractivity contribution in [3.05, 3.63) is 60.4 Å². The van der Waals surface area contributed by atoms with Gasteiger partial charge in [0.1, 0.15) is 11.5 Å². The number of hydrogen-bond donors (Lipinski definition) is 1. The summed E-state index contributed by atoms with van der Waals surface area (Å²) in [5.41, 5.74) is 1.99. The second-order valence-corrected chi connectivity index (χ2v) is 7.85. The predicted octanol–water partition coefficient (Wildman–Crippen LogP) is 3.06. The first-order valence-corrected chi connectivity index (χ1v) is 11.1. The highest BCUT2D eigenvalue weighted by molar-refractivity contribution is 6.04. The summed E-state index contributed by atoms with van der Waals surface area (Å²) >= 11 is 0. The van der Waals surface area contributed by atoms with Gasteiger partial charge in [-0.1, -0.05) is 6.07 Å². The minimum atomic E-state index is -0.530. The van der Waals surface area contributed by atoms with Gasteiger partial charge in [-0.2, -0.15) is 5.10 Å². The Hall–Kier alpha value is -4.34. The lowest BCUT2D eigenvalue weighted by atomic mass is 10.1. The van der Waals surface area contributed by atoms with Crippen LogP contribution in [0, 0.1) is 5.92 Å². The fourth-order valence-electron chi connectivity index (χ4n) is 3.88. The van der Waals surface area contributed by atoms with Gasteiger partial charge < -0.3 is 24.4 Å². The topological polar surface area (TPSA) is 112 Å². The standard InChI is InChI=1S/C25H26N4O6/c1-4-35-25(32)20-10-11-29(27-20)18-7-5-6-17(13-18)26-24(31)16-12-23(30)28(15-16)21-9-8-19(33-2)14-22(21)34-3/h5-11,13-14,16H,4,12,15H2,1-3H3,(H,26,31). The number of esters is 1. The Morgan fingerprint density at radius 1 is 1.11 bits per heavy atom. The summed E-state index contributed by atoms with van der Waals surface area (Å²) in [4.78, 5) is 39.1. The minimum Gasteiger partial charge on any atom is -0.497 e. The average molecular weight is 479 g/mol. The van der Waals surface area contributed by atoms with E-state index in [0.29, 0.717) is 28.6 Å². The van der Waals surface area contributed by atoms with Gasteiger partial charge in [0.15, 0.2) is 5.69 Å². The van der Waals surface area contributed by atoms with E-state index >= 15 is 0 Å². The number of ether oxygens (including phenoxy) is 3. The zero-order chi connectivity index (χ0) is 24.9. The molecule has 2 heterocycles. The van der Waals surface area contributed by atoms with Crippen LogP contribution in [0.1, 0.15) is 23.8 Å². The second-order valence-electron chi connectivity index (χ2n) is 7.85. The number of aromatic nitrogens is 2. The molecule has 182 valence electrons. The monoisotopic (exact) mass is 478 g/mol. The van der Waals surface area contributed by atoms with E-state index in [1.165, 1.54) is 11.8 Å². The molecule has 3 aromatic rings. The van der Waals surface area contributed by atoms with Gasteiger partial charge in [0.25, 0.3) is 0 Å². The van der Waals surface area contributed by atoms with Crippen LogP contribution in [0.25, 0.3) is 5.69 Å². The van der Waals surface area contributed by atoms with Crippen LogP contribution in [0.15, 0.2) is 54.7 Å². The van der Waals surface area contributed by atoms with Crippen LogP contribution in [0.4, 0.5) is 11.4 Å². The summed E-state index contributed by atoms with van der Waals surface area (Å²) in [5.74, 6) is -0.354. The van der Waals surface area contributed by atoms with E-state index in [-0.39, 0.29) is 37.1 Å². The summed E-state index contributed by atoms with van der Waals surface area (Å²) in [6, 6.07) is 13.8. The van der Waals surface area contributed by atoms with E-state index in [2.05, 4.69) is 10.4 Å². The lowest BCUT2D eigenvalue weighted by molar-refractivity contribution is -0.122. The molecule has 35 heavy (non-hydrogen) atoms. The third-order valence-corrected chi connectivity index (χ3v) is 5.63. The first-order chi connectivity index (χ1) is 16.9. The summed E-state index contributed by atoms with van der Waals surface area (Å²) in [7, 11) is 3.07. The molecule has 2 aromatic carbocycles. The van der Waals surface area contributed by atoms with Crippen molar-refractivity contribution in [1.29, 1.82) is 0 Å². The van der Waals surface area contributed by atoms with E-state index in [0.717, 1.165) is 0 Å². The number of nitrogens with one attached hydrogen (secondary N) is 1. The van der Waals surface area contributed by atoms with Gasteiger partial charge in [-0.3, -0.25) is 9.59 Å². The highest BCUT2D eigenvalue weighted by Gasteiger charge is 2.36. The summed E-state index contributed by atoms with van der Waals surface area (Å²) in [6.45, 7) is 2.22. The lowest BCUT2D eigenvalue weighted by Gasteiger charge is -2.20. The van der Waals surface area contributed by atoms with Crippen LogP contribution in [-0.4, -0.2) is 54.9 Å². The van der Waals surface area contributed by atoms with Crippen LogP contribution < -0.4 is 19.7 Å². The van der Waals surface area contributed by atoms with E-state index in [9.17, 15) is 14.4 Å². The molecule has 1 fully saturated rings. The molecule has 4 rings (SSSR count). The molecule has 0 radical (unpaired) electrons. The largest absolute Gasteiger partial charge is 0.497 e. The van der Waals surface area contributed by atoms with Crippen molar-refractivity contribution in [1.82, 2.24) is 9.78 Å². The van der Waals surface area contributed by atoms with Gasteiger partial charge in [0.05, 0.1) is 38.1 Å². The molecule has 1 unspecified atom stereocenters. The van der Waals surface area contributed by atoms with Crippen molar-refractivity contribution in [3.63, 3.8) is 0 Å². The number of anilines is 2. The molecule has 1 aliphatic rings. The van der Waals surface area contributed by atoms with Gasteiger partial charge in [-0.15, -0.1) is 0 Å². The van der Waals surface area contributed by atoms with Crippen molar-refractivity contribution < 1.29 is 28.6 Å². The predicted molar refractivity (Wildman–Crippen MR) is 128 cm³/mol. The van der Waals surface area contributed by atoms with E-state index in [1.54, 1.807) is 73.7 Å². The Labute approximate surface area is 202 Å². The van der Waals surface area contributed by atoms with E-state index < -0.39 is 11.9 Å². The molecule has 1 atom stereocenters. The maximum absolute atomic E-state index is 13.0. The Balaban J connectivity index is 1.46. The van der Waals surface area contributed by atoms with Crippen molar-refractivity contribution in [2.24, 2.45) is 5.92 Å². The molecule has 1 aliphatic heterocycles. The van der Waals surface area contributed by atoms with Gasteiger partial charge in [-0.05, 0) is 43.3 Å². The molecule has 0 spiro atoms. The van der Waals surface area contributed by atoms with Crippen molar-refractivity contribution in [2.75, 3.05) is 37.6 Å². The number of hydrogen-bond acceptors (Lipinski definition) is 7. The van der Waals surface area contributed by atoms with Gasteiger partial charge >= 0.3 is 5.97 Å². The van der Waals surface area contributed by atoms with Crippen LogP contribution in [-0.2, 0) is 14.3 Å². The molecule has 1 saturated heterocycles. The third kappa shape index (κ3) is 5.11. The van der Waals surface area contributed by atoms with Crippen molar-refractivity contribution >= 4 is 29.2 Å². The Kier molecular flexibility index (Phi) is 7.00. The van der Waals surface area contributed by atoms with Crippen molar-refractivity contribution in [2.45, 2.75) is 13.3 Å². The smallest absolute Gasteiger partial charge is 0.358 e. The first kappa shape index (κ1) is 23.8. The van der Waals surface area contributed by atoms with Gasteiger partial charge in [0, 0.05) is 30.9 Å². The normalized spacial score (nSPS) is 15.1. The number of amides is 2. The van der Waals surface area contributed by atoms with Crippen LogP contribution in [0.3, 0.4) is 0 Å². The summed E-state index contributed by atoms with van der Waals surface area (Å²) in [5, 5.41) is 7.12. The molecule has 0 bridgehead atoms. The lowest BCUT2D eigenvalue weighted by Crippen LogP contribution is -2.28. The zero-order valence-corrected chi connectivity index (χ0v) is 19.7. The van der Waals surface area contributed by atoms with E-state index in [1.807, 2.05) is 0 Å². The second kappa shape index (κ2) is 10.3. The summed E-state index contributed by atoms with van der Waals surface area (Å²) < 4.78 is 17.1. The Morgan fingerprint density at radius 3 is 2.69 bits per heavy atom. The van der Waals surface area contributed by atoms with Crippen molar-refractivity contribution in [3.8, 4) is 17.2 Å². The molecule has 1 aromatic heterocycles. The van der Waals surface area contributed by atoms with Crippen LogP contribution in [0.5, 0.6) is 11.5 Å². The number of benzene rings is 2.